The first kappa shape index (κ1) is 10.7. The van der Waals surface area contributed by atoms with E-state index in [0.717, 1.165) is 19.4 Å². The van der Waals surface area contributed by atoms with Crippen molar-refractivity contribution in [3.05, 3.63) is 12.2 Å². The van der Waals surface area contributed by atoms with Crippen LogP contribution in [0, 0.1) is 0 Å². The van der Waals surface area contributed by atoms with Crippen LogP contribution in [0.2, 0.25) is 0 Å². The molecule has 0 heterocycles. The van der Waals surface area contributed by atoms with E-state index in [1.54, 1.807) is 0 Å². The predicted molar refractivity (Wildman–Crippen MR) is 50.6 cm³/mol. The minimum Gasteiger partial charge on any atom is -0.330 e. The molecule has 0 rings (SSSR count). The van der Waals surface area contributed by atoms with Crippen molar-refractivity contribution in [1.82, 2.24) is 5.32 Å². The van der Waals surface area contributed by atoms with E-state index < -0.39 is 0 Å². The van der Waals surface area contributed by atoms with Gasteiger partial charge in [0.2, 0.25) is 0 Å². The zero-order chi connectivity index (χ0) is 8.74. The second-order valence-electron chi connectivity index (χ2n) is 3.02. The van der Waals surface area contributed by atoms with Crippen molar-refractivity contribution in [2.75, 3.05) is 13.6 Å². The second kappa shape index (κ2) is 5.33. The predicted octanol–water partition coefficient (Wildman–Crippen LogP) is 1.28. The normalized spacial score (nSPS) is 17.1. The molecule has 0 aliphatic rings. The van der Waals surface area contributed by atoms with Crippen molar-refractivity contribution in [3.8, 4) is 0 Å². The van der Waals surface area contributed by atoms with Gasteiger partial charge >= 0.3 is 0 Å². The Morgan fingerprint density at radius 3 is 2.55 bits per heavy atom. The fourth-order valence-electron chi connectivity index (χ4n) is 0.969. The summed E-state index contributed by atoms with van der Waals surface area (Å²) >= 11 is 0. The highest BCUT2D eigenvalue weighted by molar-refractivity contribution is 5.03. The van der Waals surface area contributed by atoms with Gasteiger partial charge in [0.1, 0.15) is 0 Å². The average molecular weight is 156 g/mol. The third-order valence-corrected chi connectivity index (χ3v) is 1.96. The SMILES string of the molecule is CCC=CC(C)(CCN)NC. The molecule has 0 aliphatic heterocycles. The third-order valence-electron chi connectivity index (χ3n) is 1.96. The van der Waals surface area contributed by atoms with Gasteiger partial charge in [0.15, 0.2) is 0 Å². The molecule has 0 aromatic heterocycles. The first-order valence-electron chi connectivity index (χ1n) is 4.25. The lowest BCUT2D eigenvalue weighted by Gasteiger charge is -2.24. The lowest BCUT2D eigenvalue weighted by Crippen LogP contribution is -2.39. The van der Waals surface area contributed by atoms with E-state index in [1.165, 1.54) is 0 Å². The summed E-state index contributed by atoms with van der Waals surface area (Å²) in [6.45, 7) is 5.02. The Bertz CT molecular complexity index is 121. The summed E-state index contributed by atoms with van der Waals surface area (Å²) in [5.41, 5.74) is 5.58. The molecule has 2 heteroatoms. The van der Waals surface area contributed by atoms with Gasteiger partial charge in [-0.1, -0.05) is 19.1 Å². The maximum absolute atomic E-state index is 5.49. The average Bonchev–Trinajstić information content (AvgIpc) is 2.02. The van der Waals surface area contributed by atoms with Crippen LogP contribution >= 0.6 is 0 Å². The molecular weight excluding hydrogens is 136 g/mol. The van der Waals surface area contributed by atoms with Crippen LogP contribution in [0.15, 0.2) is 12.2 Å². The first-order valence-corrected chi connectivity index (χ1v) is 4.25. The van der Waals surface area contributed by atoms with Crippen LogP contribution in [-0.2, 0) is 0 Å². The molecule has 0 radical (unpaired) electrons. The smallest absolute Gasteiger partial charge is 0.0345 e. The van der Waals surface area contributed by atoms with Gasteiger partial charge in [-0.3, -0.25) is 0 Å². The fraction of sp³-hybridized carbons (Fsp3) is 0.778. The van der Waals surface area contributed by atoms with Crippen molar-refractivity contribution >= 4 is 0 Å². The van der Waals surface area contributed by atoms with Gasteiger partial charge in [-0.15, -0.1) is 0 Å². The van der Waals surface area contributed by atoms with Crippen molar-refractivity contribution in [2.45, 2.75) is 32.2 Å². The van der Waals surface area contributed by atoms with Gasteiger partial charge in [-0.2, -0.15) is 0 Å². The van der Waals surface area contributed by atoms with Crippen LogP contribution in [0.3, 0.4) is 0 Å². The summed E-state index contributed by atoms with van der Waals surface area (Å²) in [7, 11) is 1.97. The van der Waals surface area contributed by atoms with Gasteiger partial charge < -0.3 is 11.1 Å². The Morgan fingerprint density at radius 2 is 2.18 bits per heavy atom. The summed E-state index contributed by atoms with van der Waals surface area (Å²) in [5, 5.41) is 3.25. The zero-order valence-electron chi connectivity index (χ0n) is 7.85. The lowest BCUT2D eigenvalue weighted by molar-refractivity contribution is 0.449. The van der Waals surface area contributed by atoms with Crippen LogP contribution in [-0.4, -0.2) is 19.1 Å². The minimum atomic E-state index is 0.0881. The summed E-state index contributed by atoms with van der Waals surface area (Å²) in [6.07, 6.45) is 6.44. The minimum absolute atomic E-state index is 0.0881. The number of hydrogen-bond donors (Lipinski definition) is 2. The Balaban J connectivity index is 3.97. The molecule has 0 fully saturated rings. The number of allylic oxidation sites excluding steroid dienone is 1. The maximum Gasteiger partial charge on any atom is 0.0345 e. The largest absolute Gasteiger partial charge is 0.330 e. The van der Waals surface area contributed by atoms with E-state index in [0.29, 0.717) is 0 Å². The summed E-state index contributed by atoms with van der Waals surface area (Å²) < 4.78 is 0. The molecule has 1 atom stereocenters. The molecule has 0 saturated heterocycles. The van der Waals surface area contributed by atoms with Crippen molar-refractivity contribution < 1.29 is 0 Å². The molecule has 0 aromatic carbocycles. The molecular formula is C9H20N2. The summed E-state index contributed by atoms with van der Waals surface area (Å²) in [4.78, 5) is 0. The molecule has 2 nitrogen and oxygen atoms in total. The molecule has 3 N–H and O–H groups in total. The Morgan fingerprint density at radius 1 is 1.55 bits per heavy atom. The standard InChI is InChI=1S/C9H20N2/c1-4-5-6-9(2,11-3)7-8-10/h5-6,11H,4,7-8,10H2,1-3H3. The van der Waals surface area contributed by atoms with Gasteiger partial charge in [-0.05, 0) is 33.4 Å². The third kappa shape index (κ3) is 4.17. The van der Waals surface area contributed by atoms with Crippen LogP contribution in [0.5, 0.6) is 0 Å². The van der Waals surface area contributed by atoms with Gasteiger partial charge in [0.25, 0.3) is 0 Å². The highest BCUT2D eigenvalue weighted by atomic mass is 14.9. The summed E-state index contributed by atoms with van der Waals surface area (Å²) in [6, 6.07) is 0. The molecule has 1 unspecified atom stereocenters. The van der Waals surface area contributed by atoms with Crippen LogP contribution in [0.4, 0.5) is 0 Å². The van der Waals surface area contributed by atoms with Gasteiger partial charge in [-0.25, -0.2) is 0 Å². The van der Waals surface area contributed by atoms with E-state index in [-0.39, 0.29) is 5.54 Å². The topological polar surface area (TPSA) is 38.0 Å². The molecule has 0 aromatic rings. The van der Waals surface area contributed by atoms with E-state index in [4.69, 9.17) is 5.73 Å². The molecule has 66 valence electrons. The zero-order valence-corrected chi connectivity index (χ0v) is 7.85. The van der Waals surface area contributed by atoms with Crippen molar-refractivity contribution in [3.63, 3.8) is 0 Å². The quantitative estimate of drug-likeness (QED) is 0.588. The Labute approximate surface area is 69.9 Å². The Hall–Kier alpha value is -0.340. The first-order chi connectivity index (χ1) is 5.18. The van der Waals surface area contributed by atoms with Crippen molar-refractivity contribution in [1.29, 1.82) is 0 Å². The molecule has 0 spiro atoms. The highest BCUT2D eigenvalue weighted by Crippen LogP contribution is 2.09. The maximum atomic E-state index is 5.49. The molecule has 11 heavy (non-hydrogen) atoms. The molecule has 0 saturated carbocycles. The number of rotatable bonds is 5. The van der Waals surface area contributed by atoms with Crippen LogP contribution in [0.25, 0.3) is 0 Å². The Kier molecular flexibility index (Phi) is 5.16. The highest BCUT2D eigenvalue weighted by Gasteiger charge is 2.15. The number of nitrogens with two attached hydrogens (primary N) is 1. The molecule has 0 amide bonds. The van der Waals surface area contributed by atoms with Gasteiger partial charge in [0, 0.05) is 5.54 Å². The lowest BCUT2D eigenvalue weighted by atomic mass is 9.97. The van der Waals surface area contributed by atoms with Crippen LogP contribution in [0.1, 0.15) is 26.7 Å². The fourth-order valence-corrected chi connectivity index (χ4v) is 0.969. The second-order valence-corrected chi connectivity index (χ2v) is 3.02. The van der Waals surface area contributed by atoms with Crippen LogP contribution < -0.4 is 11.1 Å². The van der Waals surface area contributed by atoms with Gasteiger partial charge in [0.05, 0.1) is 0 Å². The molecule has 0 aliphatic carbocycles. The van der Waals surface area contributed by atoms with E-state index in [1.807, 2.05) is 7.05 Å². The van der Waals surface area contributed by atoms with E-state index in [9.17, 15) is 0 Å². The number of likely N-dealkylation sites (N-methyl/N-ethyl adjacent to an activating group) is 1. The number of hydrogen-bond acceptors (Lipinski definition) is 2. The summed E-state index contributed by atoms with van der Waals surface area (Å²) in [5.74, 6) is 0. The monoisotopic (exact) mass is 156 g/mol. The van der Waals surface area contributed by atoms with E-state index in [2.05, 4.69) is 31.3 Å². The number of nitrogens with one attached hydrogen (secondary N) is 1. The van der Waals surface area contributed by atoms with E-state index >= 15 is 0 Å². The molecule has 0 bridgehead atoms. The van der Waals surface area contributed by atoms with Crippen molar-refractivity contribution in [2.24, 2.45) is 5.73 Å².